The molecule has 1 aromatic heterocycles. The molecule has 0 aliphatic heterocycles. The molecule has 0 unspecified atom stereocenters. The molecular weight excluding hydrogens is 262 g/mol. The van der Waals surface area contributed by atoms with E-state index in [9.17, 15) is 4.79 Å². The van der Waals surface area contributed by atoms with Crippen molar-refractivity contribution in [3.8, 4) is 11.1 Å². The molecule has 0 saturated carbocycles. The Kier molecular flexibility index (Phi) is 5.18. The van der Waals surface area contributed by atoms with Crippen molar-refractivity contribution in [1.82, 2.24) is 9.97 Å². The molecular formula is C17H15N3O. The van der Waals surface area contributed by atoms with E-state index in [1.54, 1.807) is 0 Å². The van der Waals surface area contributed by atoms with Crippen LogP contribution in [0.2, 0.25) is 0 Å². The van der Waals surface area contributed by atoms with Crippen molar-refractivity contribution in [3.05, 3.63) is 84.9 Å². The third-order valence-electron chi connectivity index (χ3n) is 2.70. The van der Waals surface area contributed by atoms with Gasteiger partial charge in [0.05, 0.1) is 6.20 Å². The summed E-state index contributed by atoms with van der Waals surface area (Å²) in [6.45, 7) is 0. The Labute approximate surface area is 123 Å². The molecule has 104 valence electrons. The van der Waals surface area contributed by atoms with Gasteiger partial charge in [-0.2, -0.15) is 0 Å². The molecule has 1 amide bonds. The lowest BCUT2D eigenvalue weighted by Gasteiger charge is -1.98. The number of carbonyl (C=O) groups is 1. The molecule has 0 aliphatic rings. The molecule has 21 heavy (non-hydrogen) atoms. The zero-order valence-electron chi connectivity index (χ0n) is 11.4. The number of hydrogen-bond acceptors (Lipinski definition) is 3. The second-order valence-electron chi connectivity index (χ2n) is 4.19. The summed E-state index contributed by atoms with van der Waals surface area (Å²) in [6, 6.07) is 20.8. The predicted octanol–water partition coefficient (Wildman–Crippen LogP) is 2.93. The Balaban J connectivity index is 0.000000161. The van der Waals surface area contributed by atoms with Crippen LogP contribution in [0.1, 0.15) is 10.5 Å². The molecule has 0 aliphatic carbocycles. The van der Waals surface area contributed by atoms with Crippen LogP contribution in [0.5, 0.6) is 0 Å². The van der Waals surface area contributed by atoms with Crippen LogP contribution in [0.3, 0.4) is 0 Å². The standard InChI is InChI=1S/C12H10.C5H5N3O/c1-3-7-11(8-4-1)12-9-5-2-6-10-12;6-5(9)4-3-7-1-2-8-4/h1-10H;1-3H,(H2,6,9). The van der Waals surface area contributed by atoms with Crippen LogP contribution in [0.4, 0.5) is 0 Å². The summed E-state index contributed by atoms with van der Waals surface area (Å²) >= 11 is 0. The Morgan fingerprint density at radius 1 is 0.810 bits per heavy atom. The fourth-order valence-electron chi connectivity index (χ4n) is 1.69. The maximum atomic E-state index is 10.3. The topological polar surface area (TPSA) is 68.9 Å². The number of aromatic nitrogens is 2. The van der Waals surface area contributed by atoms with Gasteiger partial charge in [0.25, 0.3) is 5.91 Å². The van der Waals surface area contributed by atoms with Gasteiger partial charge in [-0.15, -0.1) is 0 Å². The lowest BCUT2D eigenvalue weighted by atomic mass is 10.1. The van der Waals surface area contributed by atoms with Crippen molar-refractivity contribution in [2.45, 2.75) is 0 Å². The molecule has 4 heteroatoms. The molecule has 2 aromatic carbocycles. The van der Waals surface area contributed by atoms with E-state index in [4.69, 9.17) is 5.73 Å². The average Bonchev–Trinajstić information content (AvgIpc) is 2.58. The highest BCUT2D eigenvalue weighted by Gasteiger charge is 1.97. The summed E-state index contributed by atoms with van der Waals surface area (Å²) in [5, 5.41) is 0. The van der Waals surface area contributed by atoms with Crippen LogP contribution in [0, 0.1) is 0 Å². The monoisotopic (exact) mass is 277 g/mol. The fraction of sp³-hybridized carbons (Fsp3) is 0. The highest BCUT2D eigenvalue weighted by molar-refractivity contribution is 5.90. The fourth-order valence-corrected chi connectivity index (χ4v) is 1.69. The van der Waals surface area contributed by atoms with Gasteiger partial charge in [0, 0.05) is 12.4 Å². The van der Waals surface area contributed by atoms with Crippen LogP contribution in [-0.4, -0.2) is 15.9 Å². The number of carbonyl (C=O) groups excluding carboxylic acids is 1. The summed E-state index contributed by atoms with van der Waals surface area (Å²) in [6.07, 6.45) is 4.22. The van der Waals surface area contributed by atoms with E-state index in [1.807, 2.05) is 12.1 Å². The van der Waals surface area contributed by atoms with Gasteiger partial charge in [-0.05, 0) is 11.1 Å². The first-order valence-corrected chi connectivity index (χ1v) is 6.43. The van der Waals surface area contributed by atoms with E-state index in [-0.39, 0.29) is 5.69 Å². The van der Waals surface area contributed by atoms with E-state index in [2.05, 4.69) is 58.5 Å². The van der Waals surface area contributed by atoms with Gasteiger partial charge in [-0.1, -0.05) is 60.7 Å². The van der Waals surface area contributed by atoms with E-state index in [1.165, 1.54) is 29.7 Å². The summed E-state index contributed by atoms with van der Waals surface area (Å²) in [7, 11) is 0. The van der Waals surface area contributed by atoms with Crippen LogP contribution in [-0.2, 0) is 0 Å². The molecule has 0 radical (unpaired) electrons. The molecule has 1 heterocycles. The van der Waals surface area contributed by atoms with E-state index >= 15 is 0 Å². The Hall–Kier alpha value is -3.01. The van der Waals surface area contributed by atoms with E-state index in [0.29, 0.717) is 0 Å². The molecule has 0 bridgehead atoms. The third-order valence-corrected chi connectivity index (χ3v) is 2.70. The van der Waals surface area contributed by atoms with Gasteiger partial charge in [0.2, 0.25) is 0 Å². The SMILES string of the molecule is NC(=O)c1cnccn1.c1ccc(-c2ccccc2)cc1. The minimum atomic E-state index is -0.553. The number of nitrogens with two attached hydrogens (primary N) is 1. The van der Waals surface area contributed by atoms with Gasteiger partial charge in [-0.3, -0.25) is 9.78 Å². The number of hydrogen-bond donors (Lipinski definition) is 1. The average molecular weight is 277 g/mol. The van der Waals surface area contributed by atoms with Crippen molar-refractivity contribution >= 4 is 5.91 Å². The van der Waals surface area contributed by atoms with E-state index < -0.39 is 5.91 Å². The third kappa shape index (κ3) is 4.54. The molecule has 0 atom stereocenters. The van der Waals surface area contributed by atoms with Crippen molar-refractivity contribution in [3.63, 3.8) is 0 Å². The minimum Gasteiger partial charge on any atom is -0.364 e. The van der Waals surface area contributed by atoms with E-state index in [0.717, 1.165) is 0 Å². The molecule has 3 rings (SSSR count). The van der Waals surface area contributed by atoms with Gasteiger partial charge >= 0.3 is 0 Å². The normalized spacial score (nSPS) is 9.33. The van der Waals surface area contributed by atoms with Gasteiger partial charge in [-0.25, -0.2) is 4.98 Å². The van der Waals surface area contributed by atoms with Crippen LogP contribution >= 0.6 is 0 Å². The van der Waals surface area contributed by atoms with Crippen LogP contribution in [0.15, 0.2) is 79.3 Å². The summed E-state index contributed by atoms with van der Waals surface area (Å²) in [4.78, 5) is 17.6. The molecule has 4 nitrogen and oxygen atoms in total. The smallest absolute Gasteiger partial charge is 0.268 e. The molecule has 3 aromatic rings. The molecule has 0 spiro atoms. The summed E-state index contributed by atoms with van der Waals surface area (Å²) < 4.78 is 0. The Morgan fingerprint density at radius 3 is 1.67 bits per heavy atom. The number of nitrogens with zero attached hydrogens (tertiary/aromatic N) is 2. The Morgan fingerprint density at radius 2 is 1.33 bits per heavy atom. The van der Waals surface area contributed by atoms with Gasteiger partial charge < -0.3 is 5.73 Å². The number of amides is 1. The molecule has 2 N–H and O–H groups in total. The van der Waals surface area contributed by atoms with Gasteiger partial charge in [0.1, 0.15) is 5.69 Å². The van der Waals surface area contributed by atoms with Crippen LogP contribution in [0.25, 0.3) is 11.1 Å². The van der Waals surface area contributed by atoms with Crippen molar-refractivity contribution in [2.24, 2.45) is 5.73 Å². The number of primary amides is 1. The maximum absolute atomic E-state index is 10.3. The van der Waals surface area contributed by atoms with Gasteiger partial charge in [0.15, 0.2) is 0 Å². The van der Waals surface area contributed by atoms with Crippen molar-refractivity contribution in [2.75, 3.05) is 0 Å². The van der Waals surface area contributed by atoms with Crippen LogP contribution < -0.4 is 5.73 Å². The van der Waals surface area contributed by atoms with Crippen molar-refractivity contribution in [1.29, 1.82) is 0 Å². The number of benzene rings is 2. The molecule has 0 fully saturated rings. The summed E-state index contributed by atoms with van der Waals surface area (Å²) in [5.41, 5.74) is 7.62. The largest absolute Gasteiger partial charge is 0.364 e. The first-order valence-electron chi connectivity index (χ1n) is 6.43. The first-order chi connectivity index (χ1) is 10.3. The van der Waals surface area contributed by atoms with Crippen molar-refractivity contribution < 1.29 is 4.79 Å². The zero-order chi connectivity index (χ0) is 14.9. The zero-order valence-corrected chi connectivity index (χ0v) is 11.4. The number of rotatable bonds is 2. The second-order valence-corrected chi connectivity index (χ2v) is 4.19. The first kappa shape index (κ1) is 14.4. The highest BCUT2D eigenvalue weighted by Crippen LogP contribution is 2.17. The lowest BCUT2D eigenvalue weighted by Crippen LogP contribution is -2.12. The molecule has 0 saturated heterocycles. The maximum Gasteiger partial charge on any atom is 0.268 e. The quantitative estimate of drug-likeness (QED) is 0.783. The predicted molar refractivity (Wildman–Crippen MR) is 82.4 cm³/mol. The lowest BCUT2D eigenvalue weighted by molar-refractivity contribution is 0.0995. The highest BCUT2D eigenvalue weighted by atomic mass is 16.1. The Bertz CT molecular complexity index is 633. The minimum absolute atomic E-state index is 0.192. The second kappa shape index (κ2) is 7.55. The summed E-state index contributed by atoms with van der Waals surface area (Å²) in [5.74, 6) is -0.553.